The number of ether oxygens (including phenoxy) is 3. The first kappa shape index (κ1) is 28.5. The number of carbonyl (C=O) groups excluding carboxylic acids is 2. The largest absolute Gasteiger partial charge is 0.490 e. The minimum atomic E-state index is -0.498. The summed E-state index contributed by atoms with van der Waals surface area (Å²) in [6, 6.07) is 19.2. The van der Waals surface area contributed by atoms with Crippen LogP contribution in [0.25, 0.3) is 10.2 Å². The number of aryl methyl sites for hydroxylation is 1. The van der Waals surface area contributed by atoms with Crippen LogP contribution < -0.4 is 14.8 Å². The number of nitrogens with one attached hydrogen (secondary N) is 1. The van der Waals surface area contributed by atoms with E-state index in [4.69, 9.17) is 14.2 Å². The number of fused-ring (bicyclic) bond motifs is 1. The number of hydrogen-bond donors (Lipinski definition) is 1. The fourth-order valence-corrected chi connectivity index (χ4v) is 5.72. The van der Waals surface area contributed by atoms with Gasteiger partial charge in [-0.2, -0.15) is 0 Å². The smallest absolute Gasteiger partial charge is 0.410 e. The lowest BCUT2D eigenvalue weighted by Gasteiger charge is -2.26. The molecule has 2 aromatic carbocycles. The average molecular weight is 576 g/mol. The van der Waals surface area contributed by atoms with Crippen molar-refractivity contribution < 1.29 is 23.8 Å². The minimum Gasteiger partial charge on any atom is -0.490 e. The van der Waals surface area contributed by atoms with Gasteiger partial charge in [0.25, 0.3) is 5.91 Å². The van der Waals surface area contributed by atoms with Crippen molar-refractivity contribution in [2.24, 2.45) is 7.05 Å². The summed E-state index contributed by atoms with van der Waals surface area (Å²) in [4.78, 5) is 27.1. The third-order valence-corrected chi connectivity index (χ3v) is 7.79. The first-order valence-corrected chi connectivity index (χ1v) is 14.8. The highest BCUT2D eigenvalue weighted by Gasteiger charge is 2.26. The van der Waals surface area contributed by atoms with E-state index in [1.807, 2.05) is 98.4 Å². The average Bonchev–Trinajstić information content (AvgIpc) is 3.43. The Hall–Kier alpha value is -3.98. The van der Waals surface area contributed by atoms with Gasteiger partial charge in [0.2, 0.25) is 0 Å². The number of benzene rings is 2. The number of carbonyl (C=O) groups is 2. The standard InChI is InChI=1S/C32H37N3O5S/c1-32(2,3)40-31(37)35-16-6-9-25(14-17-35)39-26-12-10-24(11-13-26)38-21-22-7-5-8-23(19-22)33-30(36)28-20-29-27(34(28)4)15-18-41-29/h5,7-8,10-13,15,18-20,25H,6,9,14,16-17,21H2,1-4H3,(H,33,36). The number of amides is 2. The zero-order valence-electron chi connectivity index (χ0n) is 24.0. The highest BCUT2D eigenvalue weighted by Crippen LogP contribution is 2.26. The van der Waals surface area contributed by atoms with Crippen molar-refractivity contribution in [2.75, 3.05) is 18.4 Å². The molecule has 2 aromatic heterocycles. The van der Waals surface area contributed by atoms with E-state index < -0.39 is 5.60 Å². The van der Waals surface area contributed by atoms with Crippen molar-refractivity contribution >= 4 is 39.2 Å². The van der Waals surface area contributed by atoms with Crippen LogP contribution in [-0.2, 0) is 18.4 Å². The van der Waals surface area contributed by atoms with E-state index in [2.05, 4.69) is 5.32 Å². The molecule has 9 heteroatoms. The van der Waals surface area contributed by atoms with Crippen LogP contribution in [0.2, 0.25) is 0 Å². The molecule has 1 aliphatic rings. The summed E-state index contributed by atoms with van der Waals surface area (Å²) in [6.07, 6.45) is 2.29. The van der Waals surface area contributed by atoms with Crippen molar-refractivity contribution in [1.82, 2.24) is 9.47 Å². The van der Waals surface area contributed by atoms with Gasteiger partial charge in [0.1, 0.15) is 35.5 Å². The molecule has 0 saturated carbocycles. The van der Waals surface area contributed by atoms with Gasteiger partial charge in [-0.3, -0.25) is 4.79 Å². The molecule has 0 spiro atoms. The summed E-state index contributed by atoms with van der Waals surface area (Å²) in [5, 5.41) is 5.03. The Morgan fingerprint density at radius 3 is 2.54 bits per heavy atom. The molecule has 3 heterocycles. The summed E-state index contributed by atoms with van der Waals surface area (Å²) in [5.41, 5.74) is 2.85. The van der Waals surface area contributed by atoms with Crippen molar-refractivity contribution in [1.29, 1.82) is 0 Å². The second kappa shape index (κ2) is 12.3. The normalized spacial score (nSPS) is 15.8. The quantitative estimate of drug-likeness (QED) is 0.251. The predicted molar refractivity (Wildman–Crippen MR) is 162 cm³/mol. The van der Waals surface area contributed by atoms with Gasteiger partial charge >= 0.3 is 6.09 Å². The summed E-state index contributed by atoms with van der Waals surface area (Å²) >= 11 is 1.62. The van der Waals surface area contributed by atoms with Gasteiger partial charge in [-0.15, -0.1) is 11.3 Å². The molecule has 1 saturated heterocycles. The summed E-state index contributed by atoms with van der Waals surface area (Å²) < 4.78 is 20.7. The fourth-order valence-electron chi connectivity index (χ4n) is 4.87. The van der Waals surface area contributed by atoms with E-state index in [9.17, 15) is 9.59 Å². The van der Waals surface area contributed by atoms with Crippen LogP contribution >= 0.6 is 11.3 Å². The number of hydrogen-bond acceptors (Lipinski definition) is 6. The van der Waals surface area contributed by atoms with Crippen molar-refractivity contribution in [3.05, 3.63) is 77.3 Å². The molecule has 1 unspecified atom stereocenters. The van der Waals surface area contributed by atoms with Gasteiger partial charge in [-0.05, 0) is 93.1 Å². The molecule has 1 fully saturated rings. The zero-order valence-corrected chi connectivity index (χ0v) is 24.8. The van der Waals surface area contributed by atoms with Crippen LogP contribution in [0, 0.1) is 0 Å². The SMILES string of the molecule is Cn1c(C(=O)Nc2cccc(COc3ccc(OC4CCCN(C(=O)OC(C)(C)C)CC4)cc3)c2)cc2sccc21. The Balaban J connectivity index is 1.11. The maximum Gasteiger partial charge on any atom is 0.410 e. The van der Waals surface area contributed by atoms with Gasteiger partial charge in [0.15, 0.2) is 0 Å². The van der Waals surface area contributed by atoms with E-state index in [-0.39, 0.29) is 18.1 Å². The van der Waals surface area contributed by atoms with Crippen LogP contribution in [0.4, 0.5) is 10.5 Å². The van der Waals surface area contributed by atoms with E-state index in [0.29, 0.717) is 25.4 Å². The number of nitrogens with zero attached hydrogens (tertiary/aromatic N) is 2. The number of rotatable bonds is 7. The highest BCUT2D eigenvalue weighted by molar-refractivity contribution is 7.17. The molecule has 0 radical (unpaired) electrons. The second-order valence-electron chi connectivity index (χ2n) is 11.3. The van der Waals surface area contributed by atoms with Gasteiger partial charge in [-0.1, -0.05) is 12.1 Å². The van der Waals surface area contributed by atoms with E-state index in [0.717, 1.165) is 52.2 Å². The Labute approximate surface area is 244 Å². The predicted octanol–water partition coefficient (Wildman–Crippen LogP) is 7.24. The zero-order chi connectivity index (χ0) is 29.0. The molecule has 5 rings (SSSR count). The molecule has 216 valence electrons. The number of anilines is 1. The highest BCUT2D eigenvalue weighted by atomic mass is 32.1. The summed E-state index contributed by atoms with van der Waals surface area (Å²) in [6.45, 7) is 7.31. The fraction of sp³-hybridized carbons (Fsp3) is 0.375. The van der Waals surface area contributed by atoms with Crippen molar-refractivity contribution in [3.63, 3.8) is 0 Å². The molecular formula is C32H37N3O5S. The Bertz CT molecular complexity index is 1500. The van der Waals surface area contributed by atoms with Crippen LogP contribution in [0.5, 0.6) is 11.5 Å². The molecule has 1 aliphatic heterocycles. The number of thiophene rings is 1. The molecule has 1 N–H and O–H groups in total. The Kier molecular flexibility index (Phi) is 8.54. The summed E-state index contributed by atoms with van der Waals surface area (Å²) in [5.74, 6) is 1.36. The maximum atomic E-state index is 12.9. The van der Waals surface area contributed by atoms with Crippen molar-refractivity contribution in [3.8, 4) is 11.5 Å². The van der Waals surface area contributed by atoms with Gasteiger partial charge in [-0.25, -0.2) is 4.79 Å². The van der Waals surface area contributed by atoms with Crippen LogP contribution in [0.1, 0.15) is 56.1 Å². The molecule has 2 amide bonds. The van der Waals surface area contributed by atoms with E-state index in [1.54, 1.807) is 16.2 Å². The number of likely N-dealkylation sites (tertiary alicyclic amines) is 1. The lowest BCUT2D eigenvalue weighted by molar-refractivity contribution is 0.0252. The Morgan fingerprint density at radius 2 is 1.78 bits per heavy atom. The monoisotopic (exact) mass is 575 g/mol. The maximum absolute atomic E-state index is 12.9. The van der Waals surface area contributed by atoms with Crippen LogP contribution in [0.15, 0.2) is 66.0 Å². The third kappa shape index (κ3) is 7.41. The van der Waals surface area contributed by atoms with Gasteiger partial charge in [0.05, 0.1) is 10.2 Å². The van der Waals surface area contributed by atoms with Gasteiger partial charge < -0.3 is 29.0 Å². The minimum absolute atomic E-state index is 0.0407. The Morgan fingerprint density at radius 1 is 1.00 bits per heavy atom. The van der Waals surface area contributed by atoms with Gasteiger partial charge in [0, 0.05) is 32.2 Å². The third-order valence-electron chi connectivity index (χ3n) is 6.94. The van der Waals surface area contributed by atoms with E-state index in [1.165, 1.54) is 0 Å². The molecule has 41 heavy (non-hydrogen) atoms. The van der Waals surface area contributed by atoms with Crippen LogP contribution in [0.3, 0.4) is 0 Å². The summed E-state index contributed by atoms with van der Waals surface area (Å²) in [7, 11) is 1.90. The number of aromatic nitrogens is 1. The topological polar surface area (TPSA) is 82.0 Å². The second-order valence-corrected chi connectivity index (χ2v) is 12.3. The molecule has 1 atom stereocenters. The lowest BCUT2D eigenvalue weighted by atomic mass is 10.1. The first-order valence-electron chi connectivity index (χ1n) is 14.0. The first-order chi connectivity index (χ1) is 19.6. The molecule has 4 aromatic rings. The van der Waals surface area contributed by atoms with Crippen LogP contribution in [-0.4, -0.2) is 46.3 Å². The lowest BCUT2D eigenvalue weighted by Crippen LogP contribution is -2.37. The molecule has 0 aliphatic carbocycles. The molecular weight excluding hydrogens is 538 g/mol. The van der Waals surface area contributed by atoms with E-state index >= 15 is 0 Å². The molecule has 8 nitrogen and oxygen atoms in total. The molecule has 0 bridgehead atoms. The van der Waals surface area contributed by atoms with Crippen molar-refractivity contribution in [2.45, 2.75) is 58.3 Å².